The second-order valence-corrected chi connectivity index (χ2v) is 8.28. The van der Waals surface area contributed by atoms with Crippen LogP contribution in [0.3, 0.4) is 0 Å². The van der Waals surface area contributed by atoms with Gasteiger partial charge >= 0.3 is 0 Å². The van der Waals surface area contributed by atoms with E-state index in [9.17, 15) is 9.59 Å². The highest BCUT2D eigenvalue weighted by Gasteiger charge is 2.09. The minimum absolute atomic E-state index is 0.143. The predicted octanol–water partition coefficient (Wildman–Crippen LogP) is 4.22. The minimum Gasteiger partial charge on any atom is -0.337 e. The first-order valence-electron chi connectivity index (χ1n) is 9.90. The molecule has 0 spiro atoms. The number of carbonyl (C=O) groups is 2. The zero-order valence-electron chi connectivity index (χ0n) is 17.0. The number of anilines is 1. The third-order valence-corrected chi connectivity index (χ3v) is 5.87. The minimum atomic E-state index is -0.380. The summed E-state index contributed by atoms with van der Waals surface area (Å²) in [7, 11) is 0. The molecule has 4 aromatic rings. The summed E-state index contributed by atoms with van der Waals surface area (Å²) in [6.07, 6.45) is 7.31. The van der Waals surface area contributed by atoms with E-state index in [-0.39, 0.29) is 11.8 Å². The lowest BCUT2D eigenvalue weighted by Gasteiger charge is -2.07. The summed E-state index contributed by atoms with van der Waals surface area (Å²) in [5.74, 6) is -0.522. The van der Waals surface area contributed by atoms with E-state index in [0.717, 1.165) is 5.56 Å². The Balaban J connectivity index is 1.45. The van der Waals surface area contributed by atoms with Crippen LogP contribution in [0, 0.1) is 0 Å². The zero-order chi connectivity index (χ0) is 22.3. The number of imidazole rings is 1. The highest BCUT2D eigenvalue weighted by atomic mass is 35.5. The largest absolute Gasteiger partial charge is 0.337 e. The number of nitrogens with one attached hydrogen (secondary N) is 1. The van der Waals surface area contributed by atoms with E-state index >= 15 is 0 Å². The van der Waals surface area contributed by atoms with Crippen molar-refractivity contribution < 1.29 is 9.59 Å². The van der Waals surface area contributed by atoms with Crippen molar-refractivity contribution in [3.63, 3.8) is 0 Å². The maximum absolute atomic E-state index is 12.8. The Morgan fingerprint density at radius 3 is 2.81 bits per heavy atom. The maximum Gasteiger partial charge on any atom is 0.279 e. The van der Waals surface area contributed by atoms with Crippen LogP contribution in [0.15, 0.2) is 83.8 Å². The number of aryl methyl sites for hydroxylation is 1. The summed E-state index contributed by atoms with van der Waals surface area (Å²) in [5.41, 5.74) is 1.90. The molecule has 0 unspecified atom stereocenters. The second-order valence-electron chi connectivity index (χ2n) is 7.00. The molecule has 1 N–H and O–H groups in total. The molecule has 2 aromatic carbocycles. The number of rotatable bonds is 7. The summed E-state index contributed by atoms with van der Waals surface area (Å²) < 4.78 is 3.71. The number of hydrogen-bond donors (Lipinski definition) is 1. The van der Waals surface area contributed by atoms with Crippen LogP contribution in [0.2, 0.25) is 5.02 Å². The summed E-state index contributed by atoms with van der Waals surface area (Å²) in [6, 6.07) is 14.4. The molecule has 0 aliphatic heterocycles. The van der Waals surface area contributed by atoms with Crippen LogP contribution in [0.5, 0.6) is 0 Å². The van der Waals surface area contributed by atoms with Crippen molar-refractivity contribution in [2.75, 3.05) is 5.32 Å². The van der Waals surface area contributed by atoms with E-state index in [4.69, 9.17) is 11.6 Å². The van der Waals surface area contributed by atoms with Gasteiger partial charge in [0.25, 0.3) is 5.91 Å². The van der Waals surface area contributed by atoms with E-state index in [1.54, 1.807) is 43.0 Å². The van der Waals surface area contributed by atoms with Crippen LogP contribution in [0.4, 0.5) is 5.69 Å². The lowest BCUT2D eigenvalue weighted by Crippen LogP contribution is -2.17. The van der Waals surface area contributed by atoms with Crippen LogP contribution in [0.1, 0.15) is 22.3 Å². The van der Waals surface area contributed by atoms with Gasteiger partial charge in [0, 0.05) is 53.2 Å². The Kier molecular flexibility index (Phi) is 6.94. The Morgan fingerprint density at radius 1 is 1.12 bits per heavy atom. The van der Waals surface area contributed by atoms with Gasteiger partial charge in [0.15, 0.2) is 4.80 Å². The molecule has 0 aliphatic carbocycles. The number of carbonyl (C=O) groups excluding carboxylic acids is 2. The first-order chi connectivity index (χ1) is 15.6. The van der Waals surface area contributed by atoms with Gasteiger partial charge in [-0.2, -0.15) is 4.99 Å². The predicted molar refractivity (Wildman–Crippen MR) is 125 cm³/mol. The van der Waals surface area contributed by atoms with E-state index in [1.165, 1.54) is 11.3 Å². The van der Waals surface area contributed by atoms with Gasteiger partial charge < -0.3 is 14.5 Å². The second kappa shape index (κ2) is 10.2. The molecule has 0 atom stereocenters. The normalized spacial score (nSPS) is 11.5. The van der Waals surface area contributed by atoms with Gasteiger partial charge in [-0.15, -0.1) is 11.3 Å². The Morgan fingerprint density at radius 2 is 2.00 bits per heavy atom. The fourth-order valence-corrected chi connectivity index (χ4v) is 3.99. The van der Waals surface area contributed by atoms with Gasteiger partial charge in [0.1, 0.15) is 0 Å². The number of halogens is 1. The van der Waals surface area contributed by atoms with Gasteiger partial charge in [0.05, 0.1) is 12.9 Å². The Hall–Kier alpha value is -3.49. The molecule has 0 fully saturated rings. The quantitative estimate of drug-likeness (QED) is 0.443. The van der Waals surface area contributed by atoms with Crippen molar-refractivity contribution >= 4 is 40.4 Å². The molecule has 0 saturated carbocycles. The number of aromatic nitrogens is 3. The van der Waals surface area contributed by atoms with E-state index in [2.05, 4.69) is 15.3 Å². The van der Waals surface area contributed by atoms with Gasteiger partial charge in [-0.1, -0.05) is 35.9 Å². The number of benzene rings is 2. The molecule has 2 amide bonds. The standard InChI is InChI=1S/C23H20ClN5O2S/c24-20-7-2-1-4-18(20)15-29-12-13-32-23(29)27-22(31)17-5-3-6-19(14-17)26-21(30)8-10-28-11-9-25-16-28/h1-7,9,11-14,16H,8,10,15H2,(H,26,30). The number of amides is 2. The average molecular weight is 466 g/mol. The van der Waals surface area contributed by atoms with Crippen molar-refractivity contribution in [2.45, 2.75) is 19.5 Å². The highest BCUT2D eigenvalue weighted by molar-refractivity contribution is 7.07. The fourth-order valence-electron chi connectivity index (χ4n) is 3.07. The topological polar surface area (TPSA) is 81.3 Å². The Bertz CT molecular complexity index is 1290. The van der Waals surface area contributed by atoms with E-state index < -0.39 is 0 Å². The van der Waals surface area contributed by atoms with Gasteiger partial charge in [-0.3, -0.25) is 9.59 Å². The van der Waals surface area contributed by atoms with Crippen LogP contribution < -0.4 is 10.1 Å². The van der Waals surface area contributed by atoms with Crippen LogP contribution in [0.25, 0.3) is 0 Å². The summed E-state index contributed by atoms with van der Waals surface area (Å²) >= 11 is 7.63. The molecule has 0 radical (unpaired) electrons. The molecule has 162 valence electrons. The third kappa shape index (κ3) is 5.60. The lowest BCUT2D eigenvalue weighted by molar-refractivity contribution is -0.116. The molecule has 7 nitrogen and oxygen atoms in total. The molecule has 32 heavy (non-hydrogen) atoms. The van der Waals surface area contributed by atoms with Crippen LogP contribution in [-0.2, 0) is 17.9 Å². The number of thiazole rings is 1. The van der Waals surface area contributed by atoms with Gasteiger partial charge in [-0.05, 0) is 29.8 Å². The first kappa shape index (κ1) is 21.7. The van der Waals surface area contributed by atoms with E-state index in [1.807, 2.05) is 45.0 Å². The zero-order valence-corrected chi connectivity index (χ0v) is 18.6. The molecule has 9 heteroatoms. The Labute approximate surface area is 193 Å². The maximum atomic E-state index is 12.8. The number of hydrogen-bond acceptors (Lipinski definition) is 4. The van der Waals surface area contributed by atoms with Crippen molar-refractivity contribution in [1.29, 1.82) is 0 Å². The van der Waals surface area contributed by atoms with Gasteiger partial charge in [0.2, 0.25) is 5.91 Å². The SMILES string of the molecule is O=C(CCn1ccnc1)Nc1cccc(C(=O)N=c2sccn2Cc2ccccc2Cl)c1. The molecule has 0 saturated heterocycles. The van der Waals surface area contributed by atoms with E-state index in [0.29, 0.717) is 40.6 Å². The van der Waals surface area contributed by atoms with Crippen molar-refractivity contribution in [3.05, 3.63) is 99.8 Å². The highest BCUT2D eigenvalue weighted by Crippen LogP contribution is 2.16. The monoisotopic (exact) mass is 465 g/mol. The van der Waals surface area contributed by atoms with Crippen molar-refractivity contribution in [3.8, 4) is 0 Å². The fraction of sp³-hybridized carbons (Fsp3) is 0.130. The van der Waals surface area contributed by atoms with Crippen molar-refractivity contribution in [2.24, 2.45) is 4.99 Å². The van der Waals surface area contributed by atoms with Crippen LogP contribution in [-0.4, -0.2) is 25.9 Å². The smallest absolute Gasteiger partial charge is 0.279 e. The average Bonchev–Trinajstić information content (AvgIpc) is 3.46. The summed E-state index contributed by atoms with van der Waals surface area (Å²) in [6.45, 7) is 1.05. The number of nitrogens with zero attached hydrogens (tertiary/aromatic N) is 4. The molecule has 2 aromatic heterocycles. The summed E-state index contributed by atoms with van der Waals surface area (Å²) in [5, 5.41) is 5.37. The van der Waals surface area contributed by atoms with Crippen LogP contribution >= 0.6 is 22.9 Å². The molecular formula is C23H20ClN5O2S. The molecule has 4 rings (SSSR count). The third-order valence-electron chi connectivity index (χ3n) is 4.71. The van der Waals surface area contributed by atoms with Crippen molar-refractivity contribution in [1.82, 2.24) is 14.1 Å². The molecule has 0 aliphatic rings. The van der Waals surface area contributed by atoms with Gasteiger partial charge in [-0.25, -0.2) is 4.98 Å². The molecular weight excluding hydrogens is 446 g/mol. The molecule has 0 bridgehead atoms. The first-order valence-corrected chi connectivity index (χ1v) is 11.2. The lowest BCUT2D eigenvalue weighted by atomic mass is 10.2. The summed E-state index contributed by atoms with van der Waals surface area (Å²) in [4.78, 5) is 33.8. The molecule has 2 heterocycles.